The summed E-state index contributed by atoms with van der Waals surface area (Å²) in [7, 11) is 0. The minimum atomic E-state index is -0.456. The van der Waals surface area contributed by atoms with Crippen molar-refractivity contribution in [2.45, 2.75) is 97.3 Å². The van der Waals surface area contributed by atoms with E-state index in [1.165, 1.54) is 51.4 Å². The number of fused-ring (bicyclic) bond motifs is 1. The molecule has 0 aliphatic carbocycles. The van der Waals surface area contributed by atoms with E-state index in [-0.39, 0.29) is 17.8 Å². The van der Waals surface area contributed by atoms with Gasteiger partial charge in [-0.3, -0.25) is 4.79 Å². The third kappa shape index (κ3) is 8.11. The predicted octanol–water partition coefficient (Wildman–Crippen LogP) is 8.25. The molecule has 2 aromatic rings. The summed E-state index contributed by atoms with van der Waals surface area (Å²) in [5, 5.41) is 0. The van der Waals surface area contributed by atoms with Crippen LogP contribution in [0.25, 0.3) is 0 Å². The van der Waals surface area contributed by atoms with Crippen LogP contribution in [-0.2, 0) is 4.79 Å². The van der Waals surface area contributed by atoms with Crippen LogP contribution in [0, 0.1) is 5.92 Å². The highest BCUT2D eigenvalue weighted by molar-refractivity contribution is 5.91. The van der Waals surface area contributed by atoms with E-state index < -0.39 is 5.97 Å². The summed E-state index contributed by atoms with van der Waals surface area (Å²) in [5.41, 5.74) is 1.33. The van der Waals surface area contributed by atoms with Crippen molar-refractivity contribution in [2.24, 2.45) is 5.92 Å². The van der Waals surface area contributed by atoms with E-state index >= 15 is 0 Å². The normalized spacial score (nSPS) is 15.3. The summed E-state index contributed by atoms with van der Waals surface area (Å²) in [6.07, 6.45) is 13.0. The number of carbonyl (C=O) groups is 2. The molecule has 1 aliphatic rings. The molecule has 0 spiro atoms. The smallest absolute Gasteiger partial charge is 0.343 e. The topological polar surface area (TPSA) is 61.8 Å². The molecule has 3 rings (SSSR count). The number of carbonyl (C=O) groups excluding carboxylic acids is 2. The van der Waals surface area contributed by atoms with Gasteiger partial charge in [0.15, 0.2) is 0 Å². The molecule has 0 bridgehead atoms. The van der Waals surface area contributed by atoms with Crippen LogP contribution in [0.2, 0.25) is 0 Å². The van der Waals surface area contributed by atoms with Crippen LogP contribution in [0.1, 0.15) is 113 Å². The molecular weight excluding hydrogens is 452 g/mol. The Kier molecular flexibility index (Phi) is 11.3. The van der Waals surface area contributed by atoms with E-state index in [2.05, 4.69) is 20.8 Å². The second-order valence-corrected chi connectivity index (χ2v) is 9.96. The molecule has 196 valence electrons. The molecule has 0 radical (unpaired) electrons. The summed E-state index contributed by atoms with van der Waals surface area (Å²) >= 11 is 0. The van der Waals surface area contributed by atoms with Crippen molar-refractivity contribution in [3.63, 3.8) is 0 Å². The van der Waals surface area contributed by atoms with Crippen LogP contribution in [0.3, 0.4) is 0 Å². The van der Waals surface area contributed by atoms with E-state index in [1.54, 1.807) is 36.4 Å². The Morgan fingerprint density at radius 1 is 0.861 bits per heavy atom. The van der Waals surface area contributed by atoms with Crippen molar-refractivity contribution < 1.29 is 23.8 Å². The summed E-state index contributed by atoms with van der Waals surface area (Å²) in [6, 6.07) is 12.3. The molecule has 0 saturated carbocycles. The lowest BCUT2D eigenvalue weighted by atomic mass is 9.85. The van der Waals surface area contributed by atoms with Crippen LogP contribution in [-0.4, -0.2) is 18.5 Å². The fourth-order valence-electron chi connectivity index (χ4n) is 4.75. The summed E-state index contributed by atoms with van der Waals surface area (Å²) in [5.74, 6) is 0.899. The van der Waals surface area contributed by atoms with E-state index in [0.29, 0.717) is 23.7 Å². The first kappa shape index (κ1) is 27.8. The molecule has 2 atom stereocenters. The van der Waals surface area contributed by atoms with Crippen LogP contribution < -0.4 is 14.2 Å². The monoisotopic (exact) mass is 494 g/mol. The van der Waals surface area contributed by atoms with Gasteiger partial charge in [-0.15, -0.1) is 0 Å². The van der Waals surface area contributed by atoms with Gasteiger partial charge >= 0.3 is 11.9 Å². The third-order valence-corrected chi connectivity index (χ3v) is 6.93. The van der Waals surface area contributed by atoms with Gasteiger partial charge in [0.05, 0.1) is 18.1 Å². The zero-order chi connectivity index (χ0) is 25.8. The Morgan fingerprint density at radius 3 is 2.22 bits per heavy atom. The van der Waals surface area contributed by atoms with Gasteiger partial charge in [-0.05, 0) is 49.1 Å². The summed E-state index contributed by atoms with van der Waals surface area (Å²) in [6.45, 7) is 7.21. The van der Waals surface area contributed by atoms with Crippen molar-refractivity contribution in [2.75, 3.05) is 6.61 Å². The molecule has 5 nitrogen and oxygen atoms in total. The number of hydrogen-bond acceptors (Lipinski definition) is 5. The first-order valence-electron chi connectivity index (χ1n) is 13.8. The summed E-state index contributed by atoms with van der Waals surface area (Å²) < 4.78 is 16.9. The average molecular weight is 495 g/mol. The number of unbranched alkanes of at least 4 members (excludes halogenated alkanes) is 8. The van der Waals surface area contributed by atoms with Gasteiger partial charge < -0.3 is 14.2 Å². The number of esters is 2. The van der Waals surface area contributed by atoms with Crippen LogP contribution in [0.4, 0.5) is 0 Å². The van der Waals surface area contributed by atoms with E-state index in [4.69, 9.17) is 14.2 Å². The SMILES string of the molecule is CCCCCCCCOc1ccc(C(=O)Oc2ccc3c(c2)OC(=O)C3[C@H](C)CCCCCC)cc1. The number of hydrogen-bond donors (Lipinski definition) is 0. The van der Waals surface area contributed by atoms with Gasteiger partial charge in [0.25, 0.3) is 0 Å². The Morgan fingerprint density at radius 2 is 1.50 bits per heavy atom. The Labute approximate surface area is 216 Å². The zero-order valence-electron chi connectivity index (χ0n) is 22.2. The molecule has 0 N–H and O–H groups in total. The van der Waals surface area contributed by atoms with Crippen molar-refractivity contribution >= 4 is 11.9 Å². The highest BCUT2D eigenvalue weighted by Crippen LogP contribution is 2.42. The van der Waals surface area contributed by atoms with Crippen LogP contribution in [0.5, 0.6) is 17.2 Å². The number of ether oxygens (including phenoxy) is 3. The number of rotatable bonds is 16. The second kappa shape index (κ2) is 14.7. The third-order valence-electron chi connectivity index (χ3n) is 6.93. The minimum absolute atomic E-state index is 0.214. The maximum absolute atomic E-state index is 12.6. The Balaban J connectivity index is 1.49. The van der Waals surface area contributed by atoms with Gasteiger partial charge in [0, 0.05) is 11.6 Å². The lowest BCUT2D eigenvalue weighted by Gasteiger charge is -2.16. The average Bonchev–Trinajstić information content (AvgIpc) is 3.21. The lowest BCUT2D eigenvalue weighted by Crippen LogP contribution is -2.17. The number of benzene rings is 2. The molecule has 0 aromatic heterocycles. The maximum atomic E-state index is 12.6. The Bertz CT molecular complexity index is 965. The largest absolute Gasteiger partial charge is 0.494 e. The van der Waals surface area contributed by atoms with Gasteiger partial charge in [-0.25, -0.2) is 4.79 Å². The minimum Gasteiger partial charge on any atom is -0.494 e. The first-order chi connectivity index (χ1) is 17.5. The molecule has 0 saturated heterocycles. The van der Waals surface area contributed by atoms with Crippen molar-refractivity contribution in [1.29, 1.82) is 0 Å². The van der Waals surface area contributed by atoms with Crippen molar-refractivity contribution in [1.82, 2.24) is 0 Å². The molecule has 1 heterocycles. The van der Waals surface area contributed by atoms with Crippen molar-refractivity contribution in [3.8, 4) is 17.2 Å². The quantitative estimate of drug-likeness (QED) is 0.134. The van der Waals surface area contributed by atoms with Crippen LogP contribution >= 0.6 is 0 Å². The molecule has 36 heavy (non-hydrogen) atoms. The molecule has 0 amide bonds. The van der Waals surface area contributed by atoms with E-state index in [9.17, 15) is 9.59 Å². The lowest BCUT2D eigenvalue weighted by molar-refractivity contribution is -0.135. The highest BCUT2D eigenvalue weighted by atomic mass is 16.5. The molecular formula is C31H42O5. The maximum Gasteiger partial charge on any atom is 0.343 e. The molecule has 2 aromatic carbocycles. The van der Waals surface area contributed by atoms with Crippen molar-refractivity contribution in [3.05, 3.63) is 53.6 Å². The Hall–Kier alpha value is -2.82. The predicted molar refractivity (Wildman–Crippen MR) is 143 cm³/mol. The van der Waals surface area contributed by atoms with Crippen LogP contribution in [0.15, 0.2) is 42.5 Å². The highest BCUT2D eigenvalue weighted by Gasteiger charge is 2.37. The second-order valence-electron chi connectivity index (χ2n) is 9.96. The molecule has 5 heteroatoms. The molecule has 1 aliphatic heterocycles. The first-order valence-corrected chi connectivity index (χ1v) is 13.8. The fourth-order valence-corrected chi connectivity index (χ4v) is 4.75. The standard InChI is InChI=1S/C31H42O5/c1-4-6-8-10-11-13-21-34-25-17-15-24(16-18-25)30(32)35-26-19-20-27-28(22-26)36-31(33)29(27)23(3)14-12-9-7-5-2/h15-20,22-23,29H,4-14,21H2,1-3H3/t23-,29?/m1/s1. The summed E-state index contributed by atoms with van der Waals surface area (Å²) in [4.78, 5) is 25.2. The van der Waals surface area contributed by atoms with Gasteiger partial charge in [-0.1, -0.05) is 84.6 Å². The van der Waals surface area contributed by atoms with Gasteiger partial charge in [-0.2, -0.15) is 0 Å². The van der Waals surface area contributed by atoms with Gasteiger partial charge in [0.1, 0.15) is 17.2 Å². The van der Waals surface area contributed by atoms with E-state index in [0.717, 1.165) is 30.6 Å². The van der Waals surface area contributed by atoms with E-state index in [1.807, 2.05) is 6.07 Å². The van der Waals surface area contributed by atoms with Gasteiger partial charge in [0.2, 0.25) is 0 Å². The zero-order valence-corrected chi connectivity index (χ0v) is 22.2. The fraction of sp³-hybridized carbons (Fsp3) is 0.548. The molecule has 0 fully saturated rings. The molecule has 1 unspecified atom stereocenters.